The number of nitrogens with one attached hydrogen (secondary N) is 1. The van der Waals surface area contributed by atoms with Gasteiger partial charge in [-0.3, -0.25) is 4.57 Å². The number of nitrogens with zero attached hydrogens (tertiary/aromatic N) is 2. The molecule has 108 valence electrons. The number of pyridine rings is 1. The molecule has 0 amide bonds. The molecule has 0 spiro atoms. The van der Waals surface area contributed by atoms with Gasteiger partial charge in [0.15, 0.2) is 5.15 Å². The Morgan fingerprint density at radius 2 is 2.10 bits per heavy atom. The monoisotopic (exact) mass is 305 g/mol. The molecule has 2 heterocycles. The summed E-state index contributed by atoms with van der Waals surface area (Å²) in [6.45, 7) is 3.86. The lowest BCUT2D eigenvalue weighted by atomic mass is 10.1. The van der Waals surface area contributed by atoms with Crippen LogP contribution in [0.15, 0.2) is 29.1 Å². The standard InChI is InChI=1S/C15H13ClFN3O/c1-8-5-10(3-4-11(8)17)7-20-12-6-9(2)18-14(16)13(12)19-15(20)21/h3-6H,7H2,1-2H3,(H,19,21). The second-order valence-corrected chi connectivity index (χ2v) is 5.41. The quantitative estimate of drug-likeness (QED) is 0.739. The number of fused-ring (bicyclic) bond motifs is 1. The molecule has 3 rings (SSSR count). The van der Waals surface area contributed by atoms with Crippen molar-refractivity contribution < 1.29 is 4.39 Å². The van der Waals surface area contributed by atoms with Crippen molar-refractivity contribution in [1.82, 2.24) is 14.5 Å². The summed E-state index contributed by atoms with van der Waals surface area (Å²) in [5.74, 6) is -0.256. The van der Waals surface area contributed by atoms with Gasteiger partial charge in [-0.15, -0.1) is 0 Å². The van der Waals surface area contributed by atoms with Crippen LogP contribution in [0.4, 0.5) is 4.39 Å². The Hall–Kier alpha value is -2.14. The van der Waals surface area contributed by atoms with E-state index in [0.29, 0.717) is 23.1 Å². The normalized spacial score (nSPS) is 11.2. The van der Waals surface area contributed by atoms with E-state index in [9.17, 15) is 9.18 Å². The topological polar surface area (TPSA) is 50.7 Å². The molecule has 6 heteroatoms. The van der Waals surface area contributed by atoms with E-state index >= 15 is 0 Å². The minimum absolute atomic E-state index is 0.256. The van der Waals surface area contributed by atoms with Crippen LogP contribution in [-0.4, -0.2) is 14.5 Å². The molecule has 0 unspecified atom stereocenters. The van der Waals surface area contributed by atoms with E-state index in [0.717, 1.165) is 11.3 Å². The average molecular weight is 306 g/mol. The zero-order valence-electron chi connectivity index (χ0n) is 11.6. The van der Waals surface area contributed by atoms with Gasteiger partial charge in [-0.25, -0.2) is 14.2 Å². The van der Waals surface area contributed by atoms with Crippen molar-refractivity contribution in [2.24, 2.45) is 0 Å². The van der Waals surface area contributed by atoms with Gasteiger partial charge in [0.1, 0.15) is 11.3 Å². The summed E-state index contributed by atoms with van der Waals surface area (Å²) in [5.41, 5.74) is 3.08. The lowest BCUT2D eigenvalue weighted by Gasteiger charge is -2.06. The number of benzene rings is 1. The van der Waals surface area contributed by atoms with E-state index in [4.69, 9.17) is 11.6 Å². The molecule has 3 aromatic rings. The van der Waals surface area contributed by atoms with E-state index in [2.05, 4.69) is 9.97 Å². The van der Waals surface area contributed by atoms with Gasteiger partial charge < -0.3 is 4.98 Å². The first-order valence-corrected chi connectivity index (χ1v) is 6.84. The summed E-state index contributed by atoms with van der Waals surface area (Å²) in [6.07, 6.45) is 0. The van der Waals surface area contributed by atoms with Crippen LogP contribution in [0, 0.1) is 19.7 Å². The van der Waals surface area contributed by atoms with Crippen molar-refractivity contribution in [3.05, 3.63) is 62.5 Å². The zero-order chi connectivity index (χ0) is 15.1. The molecular weight excluding hydrogens is 293 g/mol. The first-order chi connectivity index (χ1) is 9.95. The zero-order valence-corrected chi connectivity index (χ0v) is 12.3. The largest absolute Gasteiger partial charge is 0.326 e. The summed E-state index contributed by atoms with van der Waals surface area (Å²) < 4.78 is 14.9. The number of imidazole rings is 1. The molecule has 0 saturated carbocycles. The highest BCUT2D eigenvalue weighted by atomic mass is 35.5. The first-order valence-electron chi connectivity index (χ1n) is 6.46. The molecule has 1 aromatic carbocycles. The molecule has 0 aliphatic heterocycles. The fourth-order valence-corrected chi connectivity index (χ4v) is 2.65. The van der Waals surface area contributed by atoms with Gasteiger partial charge in [0.2, 0.25) is 0 Å². The van der Waals surface area contributed by atoms with Crippen LogP contribution in [0.1, 0.15) is 16.8 Å². The highest BCUT2D eigenvalue weighted by molar-refractivity contribution is 6.33. The van der Waals surface area contributed by atoms with E-state index in [1.165, 1.54) is 6.07 Å². The third kappa shape index (κ3) is 2.45. The second-order valence-electron chi connectivity index (χ2n) is 5.05. The number of H-pyrrole nitrogens is 1. The number of hydrogen-bond donors (Lipinski definition) is 1. The number of rotatable bonds is 2. The maximum atomic E-state index is 13.3. The second kappa shape index (κ2) is 5.00. The summed E-state index contributed by atoms with van der Waals surface area (Å²) in [5, 5.41) is 0.274. The van der Waals surface area contributed by atoms with Gasteiger partial charge in [0.05, 0.1) is 12.1 Å². The molecular formula is C15H13ClFN3O. The van der Waals surface area contributed by atoms with Gasteiger partial charge in [-0.05, 0) is 37.1 Å². The minimum Gasteiger partial charge on any atom is -0.303 e. The Balaban J connectivity index is 2.14. The molecule has 0 radical (unpaired) electrons. The number of aromatic amines is 1. The fraction of sp³-hybridized carbons (Fsp3) is 0.200. The van der Waals surface area contributed by atoms with Crippen molar-refractivity contribution in [1.29, 1.82) is 0 Å². The molecule has 2 aromatic heterocycles. The van der Waals surface area contributed by atoms with Crippen LogP contribution in [0.3, 0.4) is 0 Å². The van der Waals surface area contributed by atoms with Crippen LogP contribution in [0.2, 0.25) is 5.15 Å². The maximum absolute atomic E-state index is 13.3. The molecule has 1 N–H and O–H groups in total. The van der Waals surface area contributed by atoms with Crippen molar-refractivity contribution in [2.45, 2.75) is 20.4 Å². The van der Waals surface area contributed by atoms with Crippen molar-refractivity contribution in [3.8, 4) is 0 Å². The van der Waals surface area contributed by atoms with Gasteiger partial charge in [0.25, 0.3) is 0 Å². The number of hydrogen-bond acceptors (Lipinski definition) is 2. The third-order valence-corrected chi connectivity index (χ3v) is 3.69. The SMILES string of the molecule is Cc1cc2c([nH]c(=O)n2Cc2ccc(F)c(C)c2)c(Cl)n1. The molecule has 0 fully saturated rings. The Bertz CT molecular complexity index is 898. The smallest absolute Gasteiger partial charge is 0.303 e. The highest BCUT2D eigenvalue weighted by Crippen LogP contribution is 2.20. The van der Waals surface area contributed by atoms with Crippen LogP contribution in [0.5, 0.6) is 0 Å². The molecule has 4 nitrogen and oxygen atoms in total. The average Bonchev–Trinajstić information content (AvgIpc) is 2.72. The van der Waals surface area contributed by atoms with Crippen LogP contribution >= 0.6 is 11.6 Å². The lowest BCUT2D eigenvalue weighted by Crippen LogP contribution is -2.17. The first kappa shape index (κ1) is 13.8. The Labute approximate surface area is 125 Å². The minimum atomic E-state index is -0.263. The Morgan fingerprint density at radius 1 is 1.33 bits per heavy atom. The van der Waals surface area contributed by atoms with E-state index in [1.807, 2.05) is 6.92 Å². The van der Waals surface area contributed by atoms with Gasteiger partial charge in [0, 0.05) is 5.69 Å². The Morgan fingerprint density at radius 3 is 2.81 bits per heavy atom. The predicted octanol–water partition coefficient (Wildman–Crippen LogP) is 3.18. The number of aromatic nitrogens is 3. The van der Waals surface area contributed by atoms with E-state index in [1.54, 1.807) is 29.7 Å². The summed E-state index contributed by atoms with van der Waals surface area (Å²) in [6, 6.07) is 6.61. The highest BCUT2D eigenvalue weighted by Gasteiger charge is 2.12. The number of aryl methyl sites for hydroxylation is 2. The Kier molecular flexibility index (Phi) is 3.29. The van der Waals surface area contributed by atoms with E-state index < -0.39 is 0 Å². The molecule has 21 heavy (non-hydrogen) atoms. The van der Waals surface area contributed by atoms with Crippen molar-refractivity contribution in [2.75, 3.05) is 0 Å². The van der Waals surface area contributed by atoms with Crippen LogP contribution < -0.4 is 5.69 Å². The summed E-state index contributed by atoms with van der Waals surface area (Å²) >= 11 is 6.05. The fourth-order valence-electron chi connectivity index (χ4n) is 2.38. The van der Waals surface area contributed by atoms with E-state index in [-0.39, 0.29) is 16.7 Å². The van der Waals surface area contributed by atoms with Gasteiger partial charge >= 0.3 is 5.69 Å². The lowest BCUT2D eigenvalue weighted by molar-refractivity contribution is 0.616. The van der Waals surface area contributed by atoms with Gasteiger partial charge in [-0.2, -0.15) is 0 Å². The predicted molar refractivity (Wildman–Crippen MR) is 80.3 cm³/mol. The third-order valence-electron chi connectivity index (χ3n) is 3.41. The van der Waals surface area contributed by atoms with Crippen LogP contribution in [0.25, 0.3) is 11.0 Å². The maximum Gasteiger partial charge on any atom is 0.326 e. The number of halogens is 2. The summed E-state index contributed by atoms with van der Waals surface area (Å²) in [7, 11) is 0. The van der Waals surface area contributed by atoms with Crippen molar-refractivity contribution >= 4 is 22.6 Å². The molecule has 0 saturated heterocycles. The van der Waals surface area contributed by atoms with Crippen LogP contribution in [-0.2, 0) is 6.54 Å². The van der Waals surface area contributed by atoms with Crippen molar-refractivity contribution in [3.63, 3.8) is 0 Å². The molecule has 0 bridgehead atoms. The molecule has 0 aliphatic carbocycles. The van der Waals surface area contributed by atoms with Gasteiger partial charge in [-0.1, -0.05) is 23.7 Å². The summed E-state index contributed by atoms with van der Waals surface area (Å²) in [4.78, 5) is 18.9. The molecule has 0 aliphatic rings. The molecule has 0 atom stereocenters.